The van der Waals surface area contributed by atoms with Crippen molar-refractivity contribution in [2.45, 2.75) is 20.4 Å². The molecule has 0 aliphatic heterocycles. The van der Waals surface area contributed by atoms with Gasteiger partial charge in [0.1, 0.15) is 0 Å². The molecular formula is C12H14KNO4. The number of hydrogen-bond donors (Lipinski definition) is 1. The van der Waals surface area contributed by atoms with E-state index < -0.39 is 17.3 Å². The molecular weight excluding hydrogens is 261 g/mol. The minimum atomic E-state index is -1.75. The van der Waals surface area contributed by atoms with Crippen LogP contribution >= 0.6 is 0 Å². The maximum Gasteiger partial charge on any atom is 1.00 e. The molecule has 0 atom stereocenters. The number of carboxylic acid groups (broad SMARTS) is 1. The molecule has 0 aromatic heterocycles. The van der Waals surface area contributed by atoms with Crippen LogP contribution < -0.4 is 56.5 Å². The molecule has 1 aromatic carbocycles. The summed E-state index contributed by atoms with van der Waals surface area (Å²) in [7, 11) is 0. The third-order valence-corrected chi connectivity index (χ3v) is 2.45. The van der Waals surface area contributed by atoms with E-state index in [0.29, 0.717) is 10.6 Å². The maximum absolute atomic E-state index is 11.7. The molecule has 92 valence electrons. The quantitative estimate of drug-likeness (QED) is 0.278. The Morgan fingerprint density at radius 3 is 2.22 bits per heavy atom. The van der Waals surface area contributed by atoms with Gasteiger partial charge in [0, 0.05) is 0 Å². The molecule has 0 saturated heterocycles. The molecule has 0 aliphatic rings. The number of aliphatic carboxylic acids is 1. The second-order valence-electron chi connectivity index (χ2n) is 4.26. The van der Waals surface area contributed by atoms with Gasteiger partial charge in [-0.25, -0.2) is 5.06 Å². The van der Waals surface area contributed by atoms with Crippen molar-refractivity contribution < 1.29 is 71.3 Å². The molecule has 0 aliphatic carbocycles. The Morgan fingerprint density at radius 2 is 1.78 bits per heavy atom. The van der Waals surface area contributed by atoms with Crippen molar-refractivity contribution >= 4 is 11.9 Å². The van der Waals surface area contributed by atoms with Crippen molar-refractivity contribution in [3.8, 4) is 0 Å². The zero-order valence-corrected chi connectivity index (χ0v) is 13.8. The molecule has 0 heterocycles. The van der Waals surface area contributed by atoms with E-state index in [1.807, 2.05) is 0 Å². The summed E-state index contributed by atoms with van der Waals surface area (Å²) in [4.78, 5) is 22.4. The van der Waals surface area contributed by atoms with Gasteiger partial charge in [-0.3, -0.25) is 10.0 Å². The van der Waals surface area contributed by atoms with Crippen LogP contribution in [0.2, 0.25) is 0 Å². The first kappa shape index (κ1) is 17.8. The molecule has 0 fully saturated rings. The number of carbonyl (C=O) groups is 2. The predicted molar refractivity (Wildman–Crippen MR) is 57.6 cm³/mol. The fourth-order valence-electron chi connectivity index (χ4n) is 1.24. The third-order valence-electron chi connectivity index (χ3n) is 2.45. The Hall–Kier alpha value is -0.244. The van der Waals surface area contributed by atoms with Crippen molar-refractivity contribution in [1.29, 1.82) is 0 Å². The zero-order valence-electron chi connectivity index (χ0n) is 10.7. The predicted octanol–water partition coefficient (Wildman–Crippen LogP) is -2.82. The number of carbonyl (C=O) groups excluding carboxylic acids is 2. The van der Waals surface area contributed by atoms with Gasteiger partial charge in [-0.05, 0) is 19.4 Å². The minimum absolute atomic E-state index is 0. The number of hydroxylamine groups is 2. The topological polar surface area (TPSA) is 80.7 Å². The fourth-order valence-corrected chi connectivity index (χ4v) is 1.24. The summed E-state index contributed by atoms with van der Waals surface area (Å²) in [6, 6.07) is 8.78. The molecule has 1 amide bonds. The normalized spacial score (nSPS) is 10.4. The van der Waals surface area contributed by atoms with E-state index in [2.05, 4.69) is 0 Å². The van der Waals surface area contributed by atoms with Crippen LogP contribution in [-0.4, -0.2) is 22.1 Å². The number of carboxylic acids is 1. The molecule has 0 bridgehead atoms. The molecule has 5 nitrogen and oxygen atoms in total. The largest absolute Gasteiger partial charge is 1.00 e. The van der Waals surface area contributed by atoms with Crippen molar-refractivity contribution in [2.24, 2.45) is 5.41 Å². The van der Waals surface area contributed by atoms with Crippen LogP contribution in [0, 0.1) is 5.41 Å². The van der Waals surface area contributed by atoms with E-state index in [4.69, 9.17) is 0 Å². The van der Waals surface area contributed by atoms with Crippen LogP contribution in [0.3, 0.4) is 0 Å². The van der Waals surface area contributed by atoms with Crippen LogP contribution in [-0.2, 0) is 16.1 Å². The molecule has 0 radical (unpaired) electrons. The van der Waals surface area contributed by atoms with Crippen LogP contribution in [0.15, 0.2) is 30.3 Å². The number of amides is 1. The summed E-state index contributed by atoms with van der Waals surface area (Å²) in [5.74, 6) is -2.42. The summed E-state index contributed by atoms with van der Waals surface area (Å²) in [6.07, 6.45) is 0. The van der Waals surface area contributed by atoms with Gasteiger partial charge in [0.25, 0.3) is 5.91 Å². The first-order valence-corrected chi connectivity index (χ1v) is 5.12. The number of rotatable bonds is 4. The van der Waals surface area contributed by atoms with Gasteiger partial charge in [0.2, 0.25) is 0 Å². The molecule has 6 heteroatoms. The van der Waals surface area contributed by atoms with E-state index in [1.165, 1.54) is 13.8 Å². The van der Waals surface area contributed by atoms with Crippen molar-refractivity contribution in [2.75, 3.05) is 0 Å². The zero-order chi connectivity index (χ0) is 13.1. The van der Waals surface area contributed by atoms with Crippen LogP contribution in [0.1, 0.15) is 19.4 Å². The van der Waals surface area contributed by atoms with Gasteiger partial charge in [0.05, 0.1) is 17.9 Å². The number of nitrogens with zero attached hydrogens (tertiary/aromatic N) is 1. The average Bonchev–Trinajstić information content (AvgIpc) is 2.29. The molecule has 0 spiro atoms. The van der Waals surface area contributed by atoms with E-state index in [1.54, 1.807) is 30.3 Å². The number of hydrogen-bond acceptors (Lipinski definition) is 4. The van der Waals surface area contributed by atoms with Gasteiger partial charge in [-0.1, -0.05) is 30.3 Å². The molecule has 1 rings (SSSR count). The molecule has 1 aromatic rings. The average molecular weight is 275 g/mol. The van der Waals surface area contributed by atoms with E-state index in [-0.39, 0.29) is 57.9 Å². The molecule has 1 N–H and O–H groups in total. The Bertz CT molecular complexity index is 419. The SMILES string of the molecule is CC(C)(C(=O)[O-])C(=O)N(O)Cc1ccccc1.[K+]. The van der Waals surface area contributed by atoms with Crippen molar-refractivity contribution in [1.82, 2.24) is 5.06 Å². The van der Waals surface area contributed by atoms with Gasteiger partial charge in [0.15, 0.2) is 0 Å². The van der Waals surface area contributed by atoms with E-state index in [0.717, 1.165) is 0 Å². The first-order valence-electron chi connectivity index (χ1n) is 5.12. The van der Waals surface area contributed by atoms with Crippen LogP contribution in [0.25, 0.3) is 0 Å². The number of benzene rings is 1. The monoisotopic (exact) mass is 275 g/mol. The Labute approximate surface area is 148 Å². The Morgan fingerprint density at radius 1 is 1.28 bits per heavy atom. The Balaban J connectivity index is 0.00000289. The van der Waals surface area contributed by atoms with E-state index in [9.17, 15) is 19.9 Å². The fraction of sp³-hybridized carbons (Fsp3) is 0.333. The van der Waals surface area contributed by atoms with Gasteiger partial charge < -0.3 is 9.90 Å². The molecule has 18 heavy (non-hydrogen) atoms. The second-order valence-corrected chi connectivity index (χ2v) is 4.26. The van der Waals surface area contributed by atoms with Gasteiger partial charge in [-0.15, -0.1) is 0 Å². The van der Waals surface area contributed by atoms with E-state index >= 15 is 0 Å². The molecule has 0 saturated carbocycles. The summed E-state index contributed by atoms with van der Waals surface area (Å²) in [6.45, 7) is 2.33. The van der Waals surface area contributed by atoms with Gasteiger partial charge in [-0.2, -0.15) is 0 Å². The summed E-state index contributed by atoms with van der Waals surface area (Å²) in [5, 5.41) is 20.7. The second kappa shape index (κ2) is 7.37. The van der Waals surface area contributed by atoms with Crippen LogP contribution in [0.4, 0.5) is 0 Å². The van der Waals surface area contributed by atoms with Crippen LogP contribution in [0.5, 0.6) is 0 Å². The first-order chi connectivity index (χ1) is 7.85. The minimum Gasteiger partial charge on any atom is -0.549 e. The standard InChI is InChI=1S/C12H15NO4.K/c1-12(2,11(15)16)10(14)13(17)8-9-6-4-3-5-7-9;/h3-7,17H,8H2,1-2H3,(H,15,16);/q;+1/p-1. The maximum atomic E-state index is 11.7. The summed E-state index contributed by atoms with van der Waals surface area (Å²) >= 11 is 0. The van der Waals surface area contributed by atoms with Crippen molar-refractivity contribution in [3.63, 3.8) is 0 Å². The Kier molecular flexibility index (Phi) is 7.27. The van der Waals surface area contributed by atoms with Crippen molar-refractivity contribution in [3.05, 3.63) is 35.9 Å². The van der Waals surface area contributed by atoms with Gasteiger partial charge >= 0.3 is 51.4 Å². The third kappa shape index (κ3) is 4.45. The summed E-state index contributed by atoms with van der Waals surface area (Å²) in [5.41, 5.74) is -1.04. The molecule has 0 unspecified atom stereocenters. The smallest absolute Gasteiger partial charge is 0.549 e. The summed E-state index contributed by atoms with van der Waals surface area (Å²) < 4.78 is 0.